The molecule has 0 aromatic heterocycles. The molecule has 5 heteroatoms. The third-order valence-electron chi connectivity index (χ3n) is 4.18. The summed E-state index contributed by atoms with van der Waals surface area (Å²) in [5, 5.41) is 6.21. The maximum Gasteiger partial charge on any atom is 0.322 e. The summed E-state index contributed by atoms with van der Waals surface area (Å²) in [4.78, 5) is 14.4. The minimum atomic E-state index is -0.331. The van der Waals surface area contributed by atoms with E-state index in [4.69, 9.17) is 0 Å². The third-order valence-corrected chi connectivity index (χ3v) is 4.18. The Kier molecular flexibility index (Phi) is 4.39. The Morgan fingerprint density at radius 3 is 2.90 bits per heavy atom. The Hall–Kier alpha value is -1.62. The van der Waals surface area contributed by atoms with Gasteiger partial charge in [-0.1, -0.05) is 6.07 Å². The zero-order valence-corrected chi connectivity index (χ0v) is 12.1. The summed E-state index contributed by atoms with van der Waals surface area (Å²) in [6, 6.07) is 6.31. The smallest absolute Gasteiger partial charge is 0.321 e. The van der Waals surface area contributed by atoms with Crippen LogP contribution in [0.5, 0.6) is 0 Å². The van der Waals surface area contributed by atoms with E-state index >= 15 is 0 Å². The van der Waals surface area contributed by atoms with Crippen molar-refractivity contribution in [2.75, 3.05) is 25.0 Å². The van der Waals surface area contributed by atoms with Crippen LogP contribution in [0.25, 0.3) is 0 Å². The molecule has 2 amide bonds. The predicted octanol–water partition coefficient (Wildman–Crippen LogP) is 2.82. The second-order valence-corrected chi connectivity index (χ2v) is 6.04. The van der Waals surface area contributed by atoms with Crippen LogP contribution in [0.4, 0.5) is 14.9 Å². The zero-order valence-electron chi connectivity index (χ0n) is 12.1. The highest BCUT2D eigenvalue weighted by atomic mass is 19.1. The lowest BCUT2D eigenvalue weighted by atomic mass is 9.99. The molecule has 2 aliphatic rings. The number of carbonyl (C=O) groups is 1. The van der Waals surface area contributed by atoms with Gasteiger partial charge < -0.3 is 15.5 Å². The highest BCUT2D eigenvalue weighted by Crippen LogP contribution is 2.29. The van der Waals surface area contributed by atoms with Gasteiger partial charge >= 0.3 is 6.03 Å². The Bertz CT molecular complexity index is 498. The molecule has 3 rings (SSSR count). The molecule has 21 heavy (non-hydrogen) atoms. The van der Waals surface area contributed by atoms with Crippen molar-refractivity contribution in [1.82, 2.24) is 10.2 Å². The lowest BCUT2D eigenvalue weighted by molar-refractivity contribution is 0.190. The summed E-state index contributed by atoms with van der Waals surface area (Å²) >= 11 is 0. The molecule has 0 spiro atoms. The van der Waals surface area contributed by atoms with Crippen LogP contribution in [0.2, 0.25) is 0 Å². The van der Waals surface area contributed by atoms with E-state index in [1.54, 1.807) is 12.1 Å². The molecule has 1 aromatic carbocycles. The number of amides is 2. The number of piperidine rings is 1. The number of nitrogens with zero attached hydrogens (tertiary/aromatic N) is 1. The van der Waals surface area contributed by atoms with Gasteiger partial charge in [-0.15, -0.1) is 0 Å². The normalized spacial score (nSPS) is 21.9. The van der Waals surface area contributed by atoms with E-state index < -0.39 is 0 Å². The maximum absolute atomic E-state index is 13.2. The van der Waals surface area contributed by atoms with Crippen LogP contribution in [0.3, 0.4) is 0 Å². The number of urea groups is 1. The number of nitrogens with one attached hydrogen (secondary N) is 2. The van der Waals surface area contributed by atoms with Gasteiger partial charge in [0.2, 0.25) is 0 Å². The molecule has 1 saturated heterocycles. The number of halogens is 1. The molecular formula is C16H22FN3O. The number of rotatable bonds is 4. The van der Waals surface area contributed by atoms with Gasteiger partial charge in [0.25, 0.3) is 0 Å². The van der Waals surface area contributed by atoms with E-state index in [1.807, 2.05) is 4.90 Å². The van der Waals surface area contributed by atoms with Gasteiger partial charge in [-0.05, 0) is 62.9 Å². The van der Waals surface area contributed by atoms with Crippen molar-refractivity contribution in [2.45, 2.75) is 31.7 Å². The first-order valence-corrected chi connectivity index (χ1v) is 7.76. The van der Waals surface area contributed by atoms with Gasteiger partial charge in [-0.2, -0.15) is 0 Å². The van der Waals surface area contributed by atoms with Crippen LogP contribution in [-0.2, 0) is 0 Å². The fraction of sp³-hybridized carbons (Fsp3) is 0.562. The molecule has 2 N–H and O–H groups in total. The van der Waals surface area contributed by atoms with Gasteiger partial charge in [-0.3, -0.25) is 0 Å². The van der Waals surface area contributed by atoms with Gasteiger partial charge in [0.1, 0.15) is 5.82 Å². The number of anilines is 1. The molecule has 0 radical (unpaired) electrons. The Morgan fingerprint density at radius 1 is 1.38 bits per heavy atom. The number of hydrogen-bond acceptors (Lipinski definition) is 2. The largest absolute Gasteiger partial charge is 0.322 e. The van der Waals surface area contributed by atoms with E-state index in [0.717, 1.165) is 32.5 Å². The fourth-order valence-corrected chi connectivity index (χ4v) is 2.90. The molecule has 114 valence electrons. The average Bonchev–Trinajstić information content (AvgIpc) is 3.30. The van der Waals surface area contributed by atoms with Crippen molar-refractivity contribution in [3.05, 3.63) is 30.1 Å². The van der Waals surface area contributed by atoms with Crippen molar-refractivity contribution < 1.29 is 9.18 Å². The second-order valence-electron chi connectivity index (χ2n) is 6.04. The Balaban J connectivity index is 1.61. The quantitative estimate of drug-likeness (QED) is 0.896. The van der Waals surface area contributed by atoms with Gasteiger partial charge in [0.05, 0.1) is 0 Å². The van der Waals surface area contributed by atoms with Gasteiger partial charge in [0, 0.05) is 18.3 Å². The second kappa shape index (κ2) is 6.43. The lowest BCUT2D eigenvalue weighted by Crippen LogP contribution is -2.43. The van der Waals surface area contributed by atoms with Crippen LogP contribution in [0.15, 0.2) is 24.3 Å². The van der Waals surface area contributed by atoms with Gasteiger partial charge in [0.15, 0.2) is 0 Å². The molecule has 1 aliphatic heterocycles. The molecule has 1 heterocycles. The van der Waals surface area contributed by atoms with Crippen LogP contribution >= 0.6 is 0 Å². The van der Waals surface area contributed by atoms with E-state index in [2.05, 4.69) is 10.6 Å². The summed E-state index contributed by atoms with van der Waals surface area (Å²) in [5.41, 5.74) is 0.521. The Labute approximate surface area is 124 Å². The van der Waals surface area contributed by atoms with Crippen molar-refractivity contribution in [3.63, 3.8) is 0 Å². The summed E-state index contributed by atoms with van der Waals surface area (Å²) in [6.45, 7) is 2.85. The number of carbonyl (C=O) groups excluding carboxylic acids is 1. The standard InChI is InChI=1S/C16H22FN3O/c17-13-4-1-5-14(9-13)19-16(21)20(15-6-7-15)11-12-3-2-8-18-10-12/h1,4-5,9,12,15,18H,2-3,6-8,10-11H2,(H,19,21). The van der Waals surface area contributed by atoms with E-state index in [0.29, 0.717) is 17.6 Å². The van der Waals surface area contributed by atoms with Crippen molar-refractivity contribution in [3.8, 4) is 0 Å². The molecule has 1 aliphatic carbocycles. The third kappa shape index (κ3) is 3.94. The first kappa shape index (κ1) is 14.3. The zero-order chi connectivity index (χ0) is 14.7. The van der Waals surface area contributed by atoms with Crippen molar-refractivity contribution in [1.29, 1.82) is 0 Å². The molecule has 1 aromatic rings. The lowest BCUT2D eigenvalue weighted by Gasteiger charge is -2.30. The molecular weight excluding hydrogens is 269 g/mol. The first-order valence-electron chi connectivity index (χ1n) is 7.76. The molecule has 0 bridgehead atoms. The molecule has 2 fully saturated rings. The summed E-state index contributed by atoms with van der Waals surface area (Å²) < 4.78 is 13.2. The monoisotopic (exact) mass is 291 g/mol. The first-order chi connectivity index (χ1) is 10.2. The fourth-order valence-electron chi connectivity index (χ4n) is 2.90. The highest BCUT2D eigenvalue weighted by molar-refractivity contribution is 5.89. The van der Waals surface area contributed by atoms with Crippen molar-refractivity contribution >= 4 is 11.7 Å². The van der Waals surface area contributed by atoms with Crippen LogP contribution in [0, 0.1) is 11.7 Å². The van der Waals surface area contributed by atoms with Gasteiger partial charge in [-0.25, -0.2) is 9.18 Å². The highest BCUT2D eigenvalue weighted by Gasteiger charge is 2.34. The topological polar surface area (TPSA) is 44.4 Å². The number of benzene rings is 1. The molecule has 1 atom stereocenters. The summed E-state index contributed by atoms with van der Waals surface area (Å²) in [6.07, 6.45) is 4.51. The molecule has 1 unspecified atom stereocenters. The minimum absolute atomic E-state index is 0.103. The van der Waals surface area contributed by atoms with E-state index in [9.17, 15) is 9.18 Å². The van der Waals surface area contributed by atoms with E-state index in [1.165, 1.54) is 25.0 Å². The predicted molar refractivity (Wildman–Crippen MR) is 80.7 cm³/mol. The van der Waals surface area contributed by atoms with Crippen LogP contribution in [-0.4, -0.2) is 36.6 Å². The molecule has 4 nitrogen and oxygen atoms in total. The van der Waals surface area contributed by atoms with E-state index in [-0.39, 0.29) is 11.8 Å². The Morgan fingerprint density at radius 2 is 2.24 bits per heavy atom. The SMILES string of the molecule is O=C(Nc1cccc(F)c1)N(CC1CCCNC1)C1CC1. The molecule has 1 saturated carbocycles. The summed E-state index contributed by atoms with van der Waals surface area (Å²) in [5.74, 6) is 0.194. The summed E-state index contributed by atoms with van der Waals surface area (Å²) in [7, 11) is 0. The van der Waals surface area contributed by atoms with Crippen molar-refractivity contribution in [2.24, 2.45) is 5.92 Å². The average molecular weight is 291 g/mol. The number of hydrogen-bond donors (Lipinski definition) is 2. The van der Waals surface area contributed by atoms with Crippen LogP contribution < -0.4 is 10.6 Å². The maximum atomic E-state index is 13.2. The van der Waals surface area contributed by atoms with Crippen LogP contribution in [0.1, 0.15) is 25.7 Å². The minimum Gasteiger partial charge on any atom is -0.321 e.